The summed E-state index contributed by atoms with van der Waals surface area (Å²) in [7, 11) is 3.67. The molecule has 27 heavy (non-hydrogen) atoms. The molecule has 0 radical (unpaired) electrons. The Morgan fingerprint density at radius 3 is 2.81 bits per heavy atom. The van der Waals surface area contributed by atoms with E-state index in [-0.39, 0.29) is 24.9 Å². The lowest BCUT2D eigenvalue weighted by atomic mass is 9.95. The van der Waals surface area contributed by atoms with Crippen LogP contribution >= 0.6 is 23.2 Å². The zero-order chi connectivity index (χ0) is 19.3. The van der Waals surface area contributed by atoms with Crippen molar-refractivity contribution in [2.24, 2.45) is 14.1 Å². The third kappa shape index (κ3) is 2.90. The van der Waals surface area contributed by atoms with Gasteiger partial charge in [0.15, 0.2) is 0 Å². The smallest absolute Gasteiger partial charge is 0.224 e. The molecule has 0 aliphatic carbocycles. The lowest BCUT2D eigenvalue weighted by Gasteiger charge is -2.16. The van der Waals surface area contributed by atoms with Gasteiger partial charge in [0.2, 0.25) is 5.91 Å². The number of amides is 1. The summed E-state index contributed by atoms with van der Waals surface area (Å²) >= 11 is 13.0. The van der Waals surface area contributed by atoms with Crippen molar-refractivity contribution in [1.29, 1.82) is 0 Å². The van der Waals surface area contributed by atoms with Crippen LogP contribution in [0.4, 0.5) is 0 Å². The number of fused-ring (bicyclic) bond motifs is 3. The molecule has 0 saturated heterocycles. The van der Waals surface area contributed by atoms with Gasteiger partial charge in [-0.05, 0) is 18.1 Å². The number of carbonyl (C=O) groups is 1. The van der Waals surface area contributed by atoms with E-state index in [1.165, 1.54) is 4.80 Å². The van der Waals surface area contributed by atoms with Crippen LogP contribution in [0.15, 0.2) is 12.3 Å². The number of carbonyl (C=O) groups excluding carboxylic acids is 1. The Morgan fingerprint density at radius 2 is 2.15 bits per heavy atom. The van der Waals surface area contributed by atoms with Gasteiger partial charge in [-0.3, -0.25) is 4.79 Å². The van der Waals surface area contributed by atoms with Gasteiger partial charge in [-0.1, -0.05) is 23.2 Å². The number of benzene rings is 1. The molecule has 7 nitrogen and oxygen atoms in total. The summed E-state index contributed by atoms with van der Waals surface area (Å²) in [5.74, 6) is -0.0706. The Morgan fingerprint density at radius 1 is 1.37 bits per heavy atom. The number of halogens is 2. The monoisotopic (exact) mass is 407 g/mol. The van der Waals surface area contributed by atoms with E-state index in [1.807, 2.05) is 11.6 Å². The molecule has 1 aliphatic heterocycles. The second-order valence-corrected chi connectivity index (χ2v) is 7.56. The Labute approximate surface area is 165 Å². The fourth-order valence-corrected chi connectivity index (χ4v) is 4.48. The lowest BCUT2D eigenvalue weighted by Crippen LogP contribution is -2.27. The molecule has 2 N–H and O–H groups in total. The van der Waals surface area contributed by atoms with Gasteiger partial charge in [0.25, 0.3) is 0 Å². The molecule has 9 heteroatoms. The highest BCUT2D eigenvalue weighted by atomic mass is 35.5. The van der Waals surface area contributed by atoms with E-state index in [1.54, 1.807) is 19.3 Å². The summed E-state index contributed by atoms with van der Waals surface area (Å²) in [4.78, 5) is 13.9. The number of nitrogens with one attached hydrogen (secondary N) is 1. The van der Waals surface area contributed by atoms with Crippen LogP contribution < -0.4 is 5.32 Å². The van der Waals surface area contributed by atoms with E-state index in [0.29, 0.717) is 28.7 Å². The van der Waals surface area contributed by atoms with Crippen molar-refractivity contribution in [3.63, 3.8) is 0 Å². The van der Waals surface area contributed by atoms with Gasteiger partial charge < -0.3 is 15.0 Å². The summed E-state index contributed by atoms with van der Waals surface area (Å²) < 4.78 is 2.00. The maximum atomic E-state index is 12.4. The van der Waals surface area contributed by atoms with Crippen LogP contribution in [0.5, 0.6) is 0 Å². The summed E-state index contributed by atoms with van der Waals surface area (Å²) in [5.41, 5.74) is 4.12. The van der Waals surface area contributed by atoms with Gasteiger partial charge in [0, 0.05) is 49.8 Å². The zero-order valence-corrected chi connectivity index (χ0v) is 16.5. The van der Waals surface area contributed by atoms with Crippen molar-refractivity contribution in [3.8, 4) is 11.3 Å². The van der Waals surface area contributed by atoms with E-state index in [2.05, 4.69) is 15.5 Å². The van der Waals surface area contributed by atoms with Crippen LogP contribution in [0.3, 0.4) is 0 Å². The SMILES string of the molecule is Cn1ncc(-c2cc(Cl)c(Cl)c3c2c2c(n3C)C(CCO)CNC(=O)C2)n1. The Kier molecular flexibility index (Phi) is 4.61. The topological polar surface area (TPSA) is 85.0 Å². The Bertz CT molecular complexity index is 1060. The fraction of sp³-hybridized carbons (Fsp3) is 0.389. The minimum Gasteiger partial charge on any atom is -0.396 e. The minimum atomic E-state index is -0.0552. The Balaban J connectivity index is 2.11. The molecule has 1 aliphatic rings. The lowest BCUT2D eigenvalue weighted by molar-refractivity contribution is -0.120. The van der Waals surface area contributed by atoms with Crippen LogP contribution in [-0.2, 0) is 25.3 Å². The van der Waals surface area contributed by atoms with E-state index in [0.717, 1.165) is 27.7 Å². The van der Waals surface area contributed by atoms with E-state index < -0.39 is 0 Å². The normalized spacial score (nSPS) is 17.1. The van der Waals surface area contributed by atoms with Crippen LogP contribution in [-0.4, -0.2) is 43.7 Å². The van der Waals surface area contributed by atoms with Crippen LogP contribution in [0.2, 0.25) is 10.0 Å². The molecule has 142 valence electrons. The van der Waals surface area contributed by atoms with E-state index in [4.69, 9.17) is 23.2 Å². The van der Waals surface area contributed by atoms with Gasteiger partial charge in [0.1, 0.15) is 5.69 Å². The number of aliphatic hydroxyl groups is 1. The third-order valence-corrected chi connectivity index (χ3v) is 5.90. The molecule has 3 aromatic rings. The van der Waals surface area contributed by atoms with Gasteiger partial charge in [-0.15, -0.1) is 0 Å². The average Bonchev–Trinajstić information content (AvgIpc) is 3.12. The maximum absolute atomic E-state index is 12.4. The predicted octanol–water partition coefficient (Wildman–Crippen LogP) is 2.42. The van der Waals surface area contributed by atoms with Crippen molar-refractivity contribution in [2.75, 3.05) is 13.2 Å². The highest BCUT2D eigenvalue weighted by Gasteiger charge is 2.31. The molecule has 4 rings (SSSR count). The van der Waals surface area contributed by atoms with Gasteiger partial charge in [0.05, 0.1) is 28.2 Å². The number of aliphatic hydroxyl groups excluding tert-OH is 1. The number of hydrogen-bond donors (Lipinski definition) is 2. The second kappa shape index (κ2) is 6.82. The molecule has 0 saturated carbocycles. The summed E-state index contributed by atoms with van der Waals surface area (Å²) in [6.07, 6.45) is 2.45. The average molecular weight is 408 g/mol. The first-order chi connectivity index (χ1) is 12.9. The quantitative estimate of drug-likeness (QED) is 0.697. The van der Waals surface area contributed by atoms with Gasteiger partial charge in [-0.2, -0.15) is 15.0 Å². The van der Waals surface area contributed by atoms with E-state index >= 15 is 0 Å². The number of hydrogen-bond acceptors (Lipinski definition) is 4. The second-order valence-electron chi connectivity index (χ2n) is 6.78. The highest BCUT2D eigenvalue weighted by molar-refractivity contribution is 6.45. The first-order valence-electron chi connectivity index (χ1n) is 8.65. The van der Waals surface area contributed by atoms with Gasteiger partial charge >= 0.3 is 0 Å². The first-order valence-corrected chi connectivity index (χ1v) is 9.41. The molecule has 0 spiro atoms. The molecule has 1 aromatic carbocycles. The van der Waals surface area contributed by atoms with Crippen molar-refractivity contribution in [2.45, 2.75) is 18.8 Å². The van der Waals surface area contributed by atoms with Crippen molar-refractivity contribution in [1.82, 2.24) is 24.9 Å². The standard InChI is InChI=1S/C18H19Cl2N5O2/c1-24-17-9(3-4-26)7-21-14(27)6-11(17)15-10(13-8-22-25(2)23-13)5-12(19)16(20)18(15)24/h5,8-9,26H,3-4,6-7H2,1-2H3,(H,21,27). The first kappa shape index (κ1) is 18.3. The van der Waals surface area contributed by atoms with Crippen LogP contribution in [0.1, 0.15) is 23.6 Å². The van der Waals surface area contributed by atoms with Crippen LogP contribution in [0.25, 0.3) is 22.2 Å². The summed E-state index contributed by atoms with van der Waals surface area (Å²) in [6, 6.07) is 1.78. The van der Waals surface area contributed by atoms with Gasteiger partial charge in [-0.25, -0.2) is 0 Å². The predicted molar refractivity (Wildman–Crippen MR) is 104 cm³/mol. The number of nitrogens with zero attached hydrogens (tertiary/aromatic N) is 4. The third-order valence-electron chi connectivity index (χ3n) is 5.13. The molecule has 2 aromatic heterocycles. The number of aromatic nitrogens is 4. The molecular formula is C18H19Cl2N5O2. The highest BCUT2D eigenvalue weighted by Crippen LogP contribution is 2.44. The number of aryl methyl sites for hydroxylation is 2. The molecule has 3 heterocycles. The summed E-state index contributed by atoms with van der Waals surface area (Å²) in [6.45, 7) is 0.509. The van der Waals surface area contributed by atoms with Crippen molar-refractivity contribution >= 4 is 40.0 Å². The molecule has 1 unspecified atom stereocenters. The zero-order valence-electron chi connectivity index (χ0n) is 15.0. The van der Waals surface area contributed by atoms with Crippen LogP contribution in [0, 0.1) is 0 Å². The fourth-order valence-electron chi connectivity index (χ4n) is 4.01. The van der Waals surface area contributed by atoms with Crippen molar-refractivity contribution < 1.29 is 9.90 Å². The molecule has 1 amide bonds. The Hall–Kier alpha value is -2.09. The number of rotatable bonds is 3. The van der Waals surface area contributed by atoms with Crippen molar-refractivity contribution in [3.05, 3.63) is 33.6 Å². The molecular weight excluding hydrogens is 389 g/mol. The summed E-state index contributed by atoms with van der Waals surface area (Å²) in [5, 5.41) is 22.7. The molecule has 0 fully saturated rings. The van der Waals surface area contributed by atoms with E-state index in [9.17, 15) is 9.90 Å². The largest absolute Gasteiger partial charge is 0.396 e. The molecule has 0 bridgehead atoms. The molecule has 1 atom stereocenters. The minimum absolute atomic E-state index is 0.0154. The maximum Gasteiger partial charge on any atom is 0.224 e.